The fourth-order valence-electron chi connectivity index (χ4n) is 2.00. The molecule has 0 heterocycles. The van der Waals surface area contributed by atoms with Crippen molar-refractivity contribution in [2.24, 2.45) is 11.8 Å². The summed E-state index contributed by atoms with van der Waals surface area (Å²) >= 11 is 0. The molecule has 0 amide bonds. The summed E-state index contributed by atoms with van der Waals surface area (Å²) in [6.07, 6.45) is 5.18. The quantitative estimate of drug-likeness (QED) is 0.475. The van der Waals surface area contributed by atoms with E-state index in [4.69, 9.17) is 0 Å². The Morgan fingerprint density at radius 1 is 0.900 bits per heavy atom. The second-order valence-corrected chi connectivity index (χ2v) is 3.25. The highest BCUT2D eigenvalue weighted by molar-refractivity contribution is 5.07. The molecule has 56 valence electrons. The maximum atomic E-state index is 9.23. The van der Waals surface area contributed by atoms with Crippen molar-refractivity contribution >= 4 is 0 Å². The molecule has 1 saturated carbocycles. The van der Waals surface area contributed by atoms with Crippen molar-refractivity contribution in [2.45, 2.75) is 25.0 Å². The lowest BCUT2D eigenvalue weighted by Gasteiger charge is -2.47. The molecule has 0 saturated heterocycles. The van der Waals surface area contributed by atoms with Gasteiger partial charge in [-0.05, 0) is 24.7 Å². The third kappa shape index (κ3) is 0.662. The van der Waals surface area contributed by atoms with Gasteiger partial charge in [-0.2, -0.15) is 0 Å². The number of aliphatic hydroxyl groups excluding tert-OH is 2. The zero-order chi connectivity index (χ0) is 7.14. The molecule has 2 rings (SSSR count). The minimum Gasteiger partial charge on any atom is -0.390 e. The summed E-state index contributed by atoms with van der Waals surface area (Å²) in [5.41, 5.74) is 0. The lowest BCUT2D eigenvalue weighted by Crippen LogP contribution is -2.55. The van der Waals surface area contributed by atoms with Crippen LogP contribution in [0, 0.1) is 11.8 Å². The van der Waals surface area contributed by atoms with E-state index in [0.717, 1.165) is 12.8 Å². The van der Waals surface area contributed by atoms with E-state index in [2.05, 4.69) is 12.2 Å². The van der Waals surface area contributed by atoms with Crippen LogP contribution in [0.2, 0.25) is 0 Å². The summed E-state index contributed by atoms with van der Waals surface area (Å²) in [5.74, 6) is 0.694. The third-order valence-electron chi connectivity index (χ3n) is 2.76. The van der Waals surface area contributed by atoms with Gasteiger partial charge in [-0.1, -0.05) is 12.2 Å². The predicted molar refractivity (Wildman–Crippen MR) is 37.4 cm³/mol. The Morgan fingerprint density at radius 2 is 1.30 bits per heavy atom. The highest BCUT2D eigenvalue weighted by atomic mass is 16.3. The van der Waals surface area contributed by atoms with Crippen LogP contribution in [0.4, 0.5) is 0 Å². The second-order valence-electron chi connectivity index (χ2n) is 3.25. The summed E-state index contributed by atoms with van der Waals surface area (Å²) in [6, 6.07) is 0. The molecule has 4 unspecified atom stereocenters. The van der Waals surface area contributed by atoms with Crippen LogP contribution in [-0.2, 0) is 0 Å². The molecule has 2 heteroatoms. The van der Waals surface area contributed by atoms with Crippen LogP contribution in [0.5, 0.6) is 0 Å². The second kappa shape index (κ2) is 2.07. The normalized spacial score (nSPS) is 51.8. The molecule has 0 aromatic rings. The van der Waals surface area contributed by atoms with Crippen molar-refractivity contribution in [2.75, 3.05) is 0 Å². The summed E-state index contributed by atoms with van der Waals surface area (Å²) in [5, 5.41) is 18.5. The SMILES string of the molecule is OC1C(O)C2CC=CCC12. The van der Waals surface area contributed by atoms with E-state index in [1.54, 1.807) is 0 Å². The van der Waals surface area contributed by atoms with Gasteiger partial charge in [0.05, 0.1) is 12.2 Å². The van der Waals surface area contributed by atoms with Gasteiger partial charge < -0.3 is 10.2 Å². The standard InChI is InChI=1S/C8H12O2/c9-7-5-3-1-2-4-6(5)8(7)10/h1-2,5-10H,3-4H2. The van der Waals surface area contributed by atoms with Gasteiger partial charge in [-0.3, -0.25) is 0 Å². The number of hydrogen-bond acceptors (Lipinski definition) is 2. The van der Waals surface area contributed by atoms with Crippen LogP contribution in [0.1, 0.15) is 12.8 Å². The van der Waals surface area contributed by atoms with Gasteiger partial charge in [0, 0.05) is 0 Å². The first-order chi connectivity index (χ1) is 4.80. The van der Waals surface area contributed by atoms with Crippen molar-refractivity contribution in [3.05, 3.63) is 12.2 Å². The van der Waals surface area contributed by atoms with Crippen molar-refractivity contribution in [1.29, 1.82) is 0 Å². The van der Waals surface area contributed by atoms with E-state index in [1.165, 1.54) is 0 Å². The van der Waals surface area contributed by atoms with Crippen molar-refractivity contribution in [3.63, 3.8) is 0 Å². The maximum Gasteiger partial charge on any atom is 0.0836 e. The van der Waals surface area contributed by atoms with Crippen LogP contribution in [0.25, 0.3) is 0 Å². The van der Waals surface area contributed by atoms with E-state index >= 15 is 0 Å². The van der Waals surface area contributed by atoms with Crippen LogP contribution >= 0.6 is 0 Å². The highest BCUT2D eigenvalue weighted by Crippen LogP contribution is 2.42. The van der Waals surface area contributed by atoms with E-state index in [-0.39, 0.29) is 0 Å². The minimum absolute atomic E-state index is 0.347. The van der Waals surface area contributed by atoms with E-state index in [1.807, 2.05) is 0 Å². The first-order valence-electron chi connectivity index (χ1n) is 3.82. The zero-order valence-electron chi connectivity index (χ0n) is 5.77. The topological polar surface area (TPSA) is 40.5 Å². The molecule has 2 aliphatic rings. The lowest BCUT2D eigenvalue weighted by molar-refractivity contribution is -0.154. The van der Waals surface area contributed by atoms with Crippen molar-refractivity contribution < 1.29 is 10.2 Å². The van der Waals surface area contributed by atoms with Crippen molar-refractivity contribution in [3.8, 4) is 0 Å². The predicted octanol–water partition coefficient (Wildman–Crippen LogP) is 0.304. The van der Waals surface area contributed by atoms with Gasteiger partial charge in [0.25, 0.3) is 0 Å². The molecule has 0 spiro atoms. The molecule has 0 aromatic carbocycles. The molecular formula is C8H12O2. The third-order valence-corrected chi connectivity index (χ3v) is 2.76. The molecule has 0 aromatic heterocycles. The molecule has 1 fully saturated rings. The average Bonchev–Trinajstić information content (AvgIpc) is 2.03. The maximum absolute atomic E-state index is 9.23. The number of allylic oxidation sites excluding steroid dienone is 2. The molecule has 0 aliphatic heterocycles. The summed E-state index contributed by atoms with van der Waals surface area (Å²) in [4.78, 5) is 0. The summed E-state index contributed by atoms with van der Waals surface area (Å²) in [7, 11) is 0. The average molecular weight is 140 g/mol. The first kappa shape index (κ1) is 6.38. The largest absolute Gasteiger partial charge is 0.390 e. The number of hydrogen-bond donors (Lipinski definition) is 2. The summed E-state index contributed by atoms with van der Waals surface area (Å²) in [6.45, 7) is 0. The number of rotatable bonds is 0. The zero-order valence-corrected chi connectivity index (χ0v) is 5.77. The molecule has 0 radical (unpaired) electrons. The monoisotopic (exact) mass is 140 g/mol. The Kier molecular flexibility index (Phi) is 1.32. The molecule has 2 N–H and O–H groups in total. The van der Waals surface area contributed by atoms with E-state index in [0.29, 0.717) is 11.8 Å². The molecule has 10 heavy (non-hydrogen) atoms. The minimum atomic E-state index is -0.449. The Morgan fingerprint density at radius 3 is 1.70 bits per heavy atom. The van der Waals surface area contributed by atoms with Crippen LogP contribution in [-0.4, -0.2) is 22.4 Å². The number of fused-ring (bicyclic) bond motifs is 1. The van der Waals surface area contributed by atoms with Gasteiger partial charge in [0.2, 0.25) is 0 Å². The van der Waals surface area contributed by atoms with Crippen LogP contribution < -0.4 is 0 Å². The van der Waals surface area contributed by atoms with E-state index in [9.17, 15) is 10.2 Å². The molecule has 2 nitrogen and oxygen atoms in total. The van der Waals surface area contributed by atoms with Crippen LogP contribution in [0.3, 0.4) is 0 Å². The molecule has 4 atom stereocenters. The molecule has 2 aliphatic carbocycles. The van der Waals surface area contributed by atoms with Crippen molar-refractivity contribution in [1.82, 2.24) is 0 Å². The number of aliphatic hydroxyl groups is 2. The Labute approximate surface area is 60.2 Å². The van der Waals surface area contributed by atoms with Gasteiger partial charge >= 0.3 is 0 Å². The molecular weight excluding hydrogens is 128 g/mol. The fourth-order valence-corrected chi connectivity index (χ4v) is 2.00. The fraction of sp³-hybridized carbons (Fsp3) is 0.750. The van der Waals surface area contributed by atoms with Gasteiger partial charge in [-0.25, -0.2) is 0 Å². The van der Waals surface area contributed by atoms with Gasteiger partial charge in [0.1, 0.15) is 0 Å². The van der Waals surface area contributed by atoms with Gasteiger partial charge in [0.15, 0.2) is 0 Å². The van der Waals surface area contributed by atoms with E-state index < -0.39 is 12.2 Å². The Hall–Kier alpha value is -0.340. The Balaban J connectivity index is 2.08. The summed E-state index contributed by atoms with van der Waals surface area (Å²) < 4.78 is 0. The smallest absolute Gasteiger partial charge is 0.0836 e. The molecule has 0 bridgehead atoms. The lowest BCUT2D eigenvalue weighted by atomic mass is 9.63. The Bertz CT molecular complexity index is 147. The van der Waals surface area contributed by atoms with Crippen LogP contribution in [0.15, 0.2) is 12.2 Å². The van der Waals surface area contributed by atoms with Gasteiger partial charge in [-0.15, -0.1) is 0 Å². The first-order valence-corrected chi connectivity index (χ1v) is 3.82. The highest BCUT2D eigenvalue weighted by Gasteiger charge is 2.48.